The minimum absolute atomic E-state index is 0.123. The Balaban J connectivity index is 1.51. The third-order valence-electron chi connectivity index (χ3n) is 3.60. The third kappa shape index (κ3) is 2.81. The highest BCUT2D eigenvalue weighted by Gasteiger charge is 2.44. The number of hydrogen-bond donors (Lipinski definition) is 1. The van der Waals surface area contributed by atoms with E-state index in [1.165, 1.54) is 0 Å². The van der Waals surface area contributed by atoms with Crippen LogP contribution in [0.15, 0.2) is 18.2 Å². The van der Waals surface area contributed by atoms with Gasteiger partial charge in [-0.15, -0.1) is 0 Å². The molecular weight excluding hydrogens is 248 g/mol. The zero-order valence-corrected chi connectivity index (χ0v) is 10.6. The minimum Gasteiger partial charge on any atom is -0.481 e. The molecule has 1 aliphatic heterocycles. The number of aliphatic carboxylic acids is 1. The van der Waals surface area contributed by atoms with Crippen LogP contribution in [0, 0.1) is 5.41 Å². The van der Waals surface area contributed by atoms with E-state index in [1.807, 2.05) is 18.2 Å². The zero-order valence-electron chi connectivity index (χ0n) is 10.6. The van der Waals surface area contributed by atoms with Gasteiger partial charge in [0.15, 0.2) is 11.5 Å². The Labute approximate surface area is 111 Å². The molecule has 1 saturated carbocycles. The van der Waals surface area contributed by atoms with Crippen LogP contribution in [0.4, 0.5) is 0 Å². The SMILES string of the molecule is O=C(O)CC1(COCc2ccc3c(c2)OCO3)CC1. The van der Waals surface area contributed by atoms with Gasteiger partial charge in [0.1, 0.15) is 0 Å². The molecule has 0 bridgehead atoms. The Kier molecular flexibility index (Phi) is 3.06. The van der Waals surface area contributed by atoms with Crippen LogP contribution in [0.3, 0.4) is 0 Å². The maximum absolute atomic E-state index is 10.7. The van der Waals surface area contributed by atoms with E-state index in [-0.39, 0.29) is 18.6 Å². The summed E-state index contributed by atoms with van der Waals surface area (Å²) in [5, 5.41) is 8.83. The van der Waals surface area contributed by atoms with E-state index in [0.29, 0.717) is 13.2 Å². The molecule has 19 heavy (non-hydrogen) atoms. The van der Waals surface area contributed by atoms with Crippen molar-refractivity contribution in [2.75, 3.05) is 13.4 Å². The van der Waals surface area contributed by atoms with Gasteiger partial charge in [0, 0.05) is 5.41 Å². The first-order chi connectivity index (χ1) is 9.17. The van der Waals surface area contributed by atoms with E-state index >= 15 is 0 Å². The van der Waals surface area contributed by atoms with Gasteiger partial charge in [0.25, 0.3) is 0 Å². The maximum atomic E-state index is 10.7. The second-order valence-electron chi connectivity index (χ2n) is 5.25. The molecule has 5 nitrogen and oxygen atoms in total. The van der Waals surface area contributed by atoms with Gasteiger partial charge < -0.3 is 19.3 Å². The fourth-order valence-electron chi connectivity index (χ4n) is 2.29. The second kappa shape index (κ2) is 4.74. The lowest BCUT2D eigenvalue weighted by Gasteiger charge is -2.13. The number of benzene rings is 1. The lowest BCUT2D eigenvalue weighted by Crippen LogP contribution is -2.15. The van der Waals surface area contributed by atoms with E-state index in [9.17, 15) is 4.79 Å². The van der Waals surface area contributed by atoms with Gasteiger partial charge in [0.2, 0.25) is 6.79 Å². The van der Waals surface area contributed by atoms with Crippen molar-refractivity contribution in [3.8, 4) is 11.5 Å². The van der Waals surface area contributed by atoms with Gasteiger partial charge in [-0.25, -0.2) is 0 Å². The molecule has 5 heteroatoms. The van der Waals surface area contributed by atoms with Crippen LogP contribution in [-0.2, 0) is 16.1 Å². The first-order valence-corrected chi connectivity index (χ1v) is 6.35. The molecule has 0 amide bonds. The molecule has 1 aliphatic carbocycles. The molecule has 0 unspecified atom stereocenters. The molecule has 1 N–H and O–H groups in total. The summed E-state index contributed by atoms with van der Waals surface area (Å²) in [5.74, 6) is 0.755. The number of ether oxygens (including phenoxy) is 3. The average Bonchev–Trinajstić information content (AvgIpc) is 2.95. The van der Waals surface area contributed by atoms with Crippen molar-refractivity contribution in [2.45, 2.75) is 25.9 Å². The van der Waals surface area contributed by atoms with E-state index in [2.05, 4.69) is 0 Å². The summed E-state index contributed by atoms with van der Waals surface area (Å²) in [6, 6.07) is 5.70. The number of carbonyl (C=O) groups is 1. The van der Waals surface area contributed by atoms with Crippen LogP contribution in [0.2, 0.25) is 0 Å². The van der Waals surface area contributed by atoms with Crippen molar-refractivity contribution in [3.63, 3.8) is 0 Å². The van der Waals surface area contributed by atoms with E-state index in [0.717, 1.165) is 29.9 Å². The molecule has 0 aromatic heterocycles. The molecule has 0 atom stereocenters. The summed E-state index contributed by atoms with van der Waals surface area (Å²) in [7, 11) is 0. The number of carboxylic acid groups (broad SMARTS) is 1. The highest BCUT2D eigenvalue weighted by molar-refractivity contribution is 5.68. The molecule has 1 fully saturated rings. The maximum Gasteiger partial charge on any atom is 0.303 e. The topological polar surface area (TPSA) is 65.0 Å². The van der Waals surface area contributed by atoms with Crippen molar-refractivity contribution in [1.82, 2.24) is 0 Å². The van der Waals surface area contributed by atoms with Gasteiger partial charge in [0.05, 0.1) is 19.6 Å². The van der Waals surface area contributed by atoms with Crippen LogP contribution in [0.1, 0.15) is 24.8 Å². The Bertz CT molecular complexity index is 493. The fraction of sp³-hybridized carbons (Fsp3) is 0.500. The van der Waals surface area contributed by atoms with Gasteiger partial charge in [-0.1, -0.05) is 6.07 Å². The molecule has 2 aliphatic rings. The predicted molar refractivity (Wildman–Crippen MR) is 66.1 cm³/mol. The van der Waals surface area contributed by atoms with Crippen LogP contribution < -0.4 is 9.47 Å². The first-order valence-electron chi connectivity index (χ1n) is 6.35. The molecule has 0 radical (unpaired) electrons. The molecule has 0 saturated heterocycles. The zero-order chi connectivity index (χ0) is 13.3. The average molecular weight is 264 g/mol. The lowest BCUT2D eigenvalue weighted by molar-refractivity contribution is -0.139. The fourth-order valence-corrected chi connectivity index (χ4v) is 2.29. The van der Waals surface area contributed by atoms with Crippen molar-refractivity contribution >= 4 is 5.97 Å². The van der Waals surface area contributed by atoms with Gasteiger partial charge in [-0.2, -0.15) is 0 Å². The van der Waals surface area contributed by atoms with Crippen LogP contribution in [0.25, 0.3) is 0 Å². The van der Waals surface area contributed by atoms with Crippen LogP contribution in [-0.4, -0.2) is 24.5 Å². The Morgan fingerprint density at radius 1 is 1.32 bits per heavy atom. The molecular formula is C14H16O5. The first kappa shape index (κ1) is 12.3. The lowest BCUT2D eigenvalue weighted by atomic mass is 10.0. The molecule has 1 aromatic carbocycles. The third-order valence-corrected chi connectivity index (χ3v) is 3.60. The quantitative estimate of drug-likeness (QED) is 0.853. The van der Waals surface area contributed by atoms with Crippen LogP contribution >= 0.6 is 0 Å². The summed E-state index contributed by atoms with van der Waals surface area (Å²) in [6.07, 6.45) is 2.09. The monoisotopic (exact) mass is 264 g/mol. The Morgan fingerprint density at radius 3 is 2.84 bits per heavy atom. The summed E-state index contributed by atoms with van der Waals surface area (Å²) in [5.41, 5.74) is 0.887. The van der Waals surface area contributed by atoms with Gasteiger partial charge >= 0.3 is 5.97 Å². The smallest absolute Gasteiger partial charge is 0.303 e. The largest absolute Gasteiger partial charge is 0.481 e. The molecule has 3 rings (SSSR count). The number of hydrogen-bond acceptors (Lipinski definition) is 4. The summed E-state index contributed by atoms with van der Waals surface area (Å²) in [4.78, 5) is 10.7. The van der Waals surface area contributed by atoms with E-state index < -0.39 is 5.97 Å². The van der Waals surface area contributed by atoms with Crippen molar-refractivity contribution in [1.29, 1.82) is 0 Å². The van der Waals surface area contributed by atoms with E-state index in [4.69, 9.17) is 19.3 Å². The van der Waals surface area contributed by atoms with Gasteiger partial charge in [-0.05, 0) is 30.5 Å². The summed E-state index contributed by atoms with van der Waals surface area (Å²) >= 11 is 0. The van der Waals surface area contributed by atoms with Gasteiger partial charge in [-0.3, -0.25) is 4.79 Å². The highest BCUT2D eigenvalue weighted by atomic mass is 16.7. The van der Waals surface area contributed by atoms with Crippen LogP contribution in [0.5, 0.6) is 11.5 Å². The molecule has 1 heterocycles. The minimum atomic E-state index is -0.746. The molecule has 102 valence electrons. The van der Waals surface area contributed by atoms with E-state index in [1.54, 1.807) is 0 Å². The molecule has 1 aromatic rings. The molecule has 0 spiro atoms. The Hall–Kier alpha value is -1.75. The summed E-state index contributed by atoms with van der Waals surface area (Å²) < 4.78 is 16.2. The second-order valence-corrected chi connectivity index (χ2v) is 5.25. The standard InChI is InChI=1S/C14H16O5/c15-13(16)6-14(3-4-14)8-17-7-10-1-2-11-12(5-10)19-9-18-11/h1-2,5H,3-4,6-9H2,(H,15,16). The summed E-state index contributed by atoms with van der Waals surface area (Å²) in [6.45, 7) is 1.24. The van der Waals surface area contributed by atoms with Crippen molar-refractivity contribution < 1.29 is 24.1 Å². The number of carboxylic acids is 1. The predicted octanol–water partition coefficient (Wildman–Crippen LogP) is 2.19. The van der Waals surface area contributed by atoms with Crippen molar-refractivity contribution in [3.05, 3.63) is 23.8 Å². The highest BCUT2D eigenvalue weighted by Crippen LogP contribution is 2.49. The normalized spacial score (nSPS) is 18.3. The van der Waals surface area contributed by atoms with Crippen molar-refractivity contribution in [2.24, 2.45) is 5.41 Å². The number of fused-ring (bicyclic) bond motifs is 1. The number of rotatable bonds is 6. The Morgan fingerprint density at radius 2 is 2.11 bits per heavy atom.